The van der Waals surface area contributed by atoms with Crippen LogP contribution in [0.2, 0.25) is 5.02 Å². The number of halogens is 1. The van der Waals surface area contributed by atoms with Gasteiger partial charge in [-0.1, -0.05) is 18.0 Å². The van der Waals surface area contributed by atoms with Crippen LogP contribution in [0.3, 0.4) is 0 Å². The maximum Gasteiger partial charge on any atom is 0.138 e. The molecule has 0 aliphatic heterocycles. The number of hydrogen-bond donors (Lipinski definition) is 1. The highest BCUT2D eigenvalue weighted by molar-refractivity contribution is 6.32. The molecule has 100 valence electrons. The molecule has 1 fully saturated rings. The fourth-order valence-electron chi connectivity index (χ4n) is 2.22. The summed E-state index contributed by atoms with van der Waals surface area (Å²) in [5.74, 6) is 1.49. The van der Waals surface area contributed by atoms with Crippen LogP contribution >= 0.6 is 11.6 Å². The van der Waals surface area contributed by atoms with Crippen LogP contribution in [-0.4, -0.2) is 19.3 Å². The second-order valence-corrected chi connectivity index (χ2v) is 5.01. The molecule has 0 aromatic heterocycles. The summed E-state index contributed by atoms with van der Waals surface area (Å²) >= 11 is 6.14. The van der Waals surface area contributed by atoms with Crippen molar-refractivity contribution in [2.24, 2.45) is 5.73 Å². The highest BCUT2D eigenvalue weighted by Gasteiger charge is 2.15. The molecule has 2 rings (SSSR count). The minimum atomic E-state index is 0.339. The van der Waals surface area contributed by atoms with Gasteiger partial charge in [0.25, 0.3) is 0 Å². The Balaban J connectivity index is 1.94. The maximum atomic E-state index is 6.14. The summed E-state index contributed by atoms with van der Waals surface area (Å²) in [5, 5.41) is 0.580. The largest absolute Gasteiger partial charge is 0.491 e. The van der Waals surface area contributed by atoms with Gasteiger partial charge in [-0.05, 0) is 37.8 Å². The Morgan fingerprint density at radius 2 is 2.00 bits per heavy atom. The standard InChI is InChI=1S/C14H20ClNO2/c15-13-10-12(6-7-14(13)17-9-8-16)18-11-4-2-1-3-5-11/h6-7,10-11H,1-5,8-9,16H2. The Labute approximate surface area is 113 Å². The SMILES string of the molecule is NCCOc1ccc(OC2CCCCC2)cc1Cl. The Kier molecular flexibility index (Phi) is 5.14. The van der Waals surface area contributed by atoms with E-state index in [4.69, 9.17) is 26.8 Å². The zero-order valence-corrected chi connectivity index (χ0v) is 11.3. The lowest BCUT2D eigenvalue weighted by Crippen LogP contribution is -2.19. The van der Waals surface area contributed by atoms with E-state index in [0.717, 1.165) is 18.6 Å². The zero-order valence-electron chi connectivity index (χ0n) is 10.5. The molecule has 0 amide bonds. The third-order valence-corrected chi connectivity index (χ3v) is 3.43. The zero-order chi connectivity index (χ0) is 12.8. The molecular formula is C14H20ClNO2. The molecule has 0 heterocycles. The van der Waals surface area contributed by atoms with Crippen LogP contribution in [0.4, 0.5) is 0 Å². The minimum Gasteiger partial charge on any atom is -0.491 e. The van der Waals surface area contributed by atoms with Crippen LogP contribution < -0.4 is 15.2 Å². The second kappa shape index (κ2) is 6.86. The van der Waals surface area contributed by atoms with Crippen molar-refractivity contribution in [1.82, 2.24) is 0 Å². The third kappa shape index (κ3) is 3.79. The smallest absolute Gasteiger partial charge is 0.138 e. The van der Waals surface area contributed by atoms with E-state index in [2.05, 4.69) is 0 Å². The van der Waals surface area contributed by atoms with Crippen LogP contribution in [0, 0.1) is 0 Å². The van der Waals surface area contributed by atoms with E-state index in [1.165, 1.54) is 19.3 Å². The van der Waals surface area contributed by atoms with Gasteiger partial charge >= 0.3 is 0 Å². The summed E-state index contributed by atoms with van der Waals surface area (Å²) in [6, 6.07) is 5.57. The van der Waals surface area contributed by atoms with Gasteiger partial charge in [0, 0.05) is 12.6 Å². The van der Waals surface area contributed by atoms with Gasteiger partial charge in [0.05, 0.1) is 11.1 Å². The van der Waals surface area contributed by atoms with Crippen molar-refractivity contribution in [2.45, 2.75) is 38.2 Å². The topological polar surface area (TPSA) is 44.5 Å². The van der Waals surface area contributed by atoms with Gasteiger partial charge < -0.3 is 15.2 Å². The Morgan fingerprint density at radius 3 is 2.67 bits per heavy atom. The fraction of sp³-hybridized carbons (Fsp3) is 0.571. The molecule has 4 heteroatoms. The van der Waals surface area contributed by atoms with E-state index >= 15 is 0 Å². The summed E-state index contributed by atoms with van der Waals surface area (Å²) in [7, 11) is 0. The van der Waals surface area contributed by atoms with Crippen LogP contribution in [-0.2, 0) is 0 Å². The molecule has 3 nitrogen and oxygen atoms in total. The molecule has 0 saturated heterocycles. The quantitative estimate of drug-likeness (QED) is 0.891. The van der Waals surface area contributed by atoms with Crippen molar-refractivity contribution >= 4 is 11.6 Å². The normalized spacial score (nSPS) is 16.6. The molecule has 2 N–H and O–H groups in total. The number of hydrogen-bond acceptors (Lipinski definition) is 3. The lowest BCUT2D eigenvalue weighted by atomic mass is 9.98. The van der Waals surface area contributed by atoms with Crippen molar-refractivity contribution in [2.75, 3.05) is 13.2 Å². The van der Waals surface area contributed by atoms with Gasteiger partial charge in [-0.3, -0.25) is 0 Å². The summed E-state index contributed by atoms with van der Waals surface area (Å²) < 4.78 is 11.3. The monoisotopic (exact) mass is 269 g/mol. The number of rotatable bonds is 5. The average Bonchev–Trinajstić information content (AvgIpc) is 2.39. The molecule has 0 radical (unpaired) electrons. The molecule has 1 aromatic carbocycles. The van der Waals surface area contributed by atoms with Crippen molar-refractivity contribution in [1.29, 1.82) is 0 Å². The van der Waals surface area contributed by atoms with E-state index in [9.17, 15) is 0 Å². The number of ether oxygens (including phenoxy) is 2. The second-order valence-electron chi connectivity index (χ2n) is 4.61. The van der Waals surface area contributed by atoms with Crippen molar-refractivity contribution in [3.63, 3.8) is 0 Å². The van der Waals surface area contributed by atoms with Crippen molar-refractivity contribution in [3.8, 4) is 11.5 Å². The molecule has 0 unspecified atom stereocenters. The van der Waals surface area contributed by atoms with Gasteiger partial charge in [0.2, 0.25) is 0 Å². The number of benzene rings is 1. The predicted octanol–water partition coefficient (Wildman–Crippen LogP) is 3.39. The molecule has 1 aliphatic rings. The van der Waals surface area contributed by atoms with E-state index in [1.54, 1.807) is 0 Å². The molecule has 0 spiro atoms. The highest BCUT2D eigenvalue weighted by Crippen LogP contribution is 2.31. The average molecular weight is 270 g/mol. The van der Waals surface area contributed by atoms with Gasteiger partial charge in [0.15, 0.2) is 0 Å². The lowest BCUT2D eigenvalue weighted by Gasteiger charge is -2.23. The first-order valence-corrected chi connectivity index (χ1v) is 6.96. The first kappa shape index (κ1) is 13.5. The maximum absolute atomic E-state index is 6.14. The molecule has 1 aliphatic carbocycles. The summed E-state index contributed by atoms with van der Waals surface area (Å²) in [4.78, 5) is 0. The van der Waals surface area contributed by atoms with Gasteiger partial charge in [0.1, 0.15) is 18.1 Å². The van der Waals surface area contributed by atoms with Gasteiger partial charge in [-0.15, -0.1) is 0 Å². The first-order valence-electron chi connectivity index (χ1n) is 6.58. The first-order chi connectivity index (χ1) is 8.79. The van der Waals surface area contributed by atoms with Crippen LogP contribution in [0.25, 0.3) is 0 Å². The molecule has 0 atom stereocenters. The van der Waals surface area contributed by atoms with Crippen molar-refractivity contribution < 1.29 is 9.47 Å². The van der Waals surface area contributed by atoms with Crippen LogP contribution in [0.5, 0.6) is 11.5 Å². The highest BCUT2D eigenvalue weighted by atomic mass is 35.5. The van der Waals surface area contributed by atoms with Crippen molar-refractivity contribution in [3.05, 3.63) is 23.2 Å². The van der Waals surface area contributed by atoms with E-state index in [1.807, 2.05) is 18.2 Å². The molecule has 1 aromatic rings. The van der Waals surface area contributed by atoms with Crippen LogP contribution in [0.15, 0.2) is 18.2 Å². The Bertz CT molecular complexity index is 378. The van der Waals surface area contributed by atoms with E-state index in [0.29, 0.717) is 30.0 Å². The molecule has 18 heavy (non-hydrogen) atoms. The van der Waals surface area contributed by atoms with E-state index < -0.39 is 0 Å². The number of nitrogens with two attached hydrogens (primary N) is 1. The lowest BCUT2D eigenvalue weighted by molar-refractivity contribution is 0.155. The predicted molar refractivity (Wildman–Crippen MR) is 73.5 cm³/mol. The Morgan fingerprint density at radius 1 is 1.22 bits per heavy atom. The van der Waals surface area contributed by atoms with Gasteiger partial charge in [-0.2, -0.15) is 0 Å². The van der Waals surface area contributed by atoms with Gasteiger partial charge in [-0.25, -0.2) is 0 Å². The Hall–Kier alpha value is -0.930. The fourth-order valence-corrected chi connectivity index (χ4v) is 2.44. The minimum absolute atomic E-state index is 0.339. The summed E-state index contributed by atoms with van der Waals surface area (Å²) in [5.41, 5.74) is 5.39. The third-order valence-electron chi connectivity index (χ3n) is 3.13. The summed E-state index contributed by atoms with van der Waals surface area (Å²) in [6.45, 7) is 0.958. The van der Waals surface area contributed by atoms with E-state index in [-0.39, 0.29) is 0 Å². The van der Waals surface area contributed by atoms with Crippen LogP contribution in [0.1, 0.15) is 32.1 Å². The molecule has 1 saturated carbocycles. The molecular weight excluding hydrogens is 250 g/mol. The summed E-state index contributed by atoms with van der Waals surface area (Å²) in [6.07, 6.45) is 6.47. The molecule has 0 bridgehead atoms.